The van der Waals surface area contributed by atoms with Crippen molar-refractivity contribution in [2.24, 2.45) is 5.92 Å². The Balaban J connectivity index is 2.04. The lowest BCUT2D eigenvalue weighted by Gasteiger charge is -2.35. The highest BCUT2D eigenvalue weighted by molar-refractivity contribution is 5.88. The van der Waals surface area contributed by atoms with Gasteiger partial charge in [-0.05, 0) is 25.2 Å². The van der Waals surface area contributed by atoms with Crippen molar-refractivity contribution >= 4 is 11.9 Å². The Bertz CT molecular complexity index is 503. The molecule has 2 rings (SSSR count). The Hall–Kier alpha value is -1.35. The molecule has 2 unspecified atom stereocenters. The van der Waals surface area contributed by atoms with Crippen molar-refractivity contribution in [2.75, 3.05) is 20.3 Å². The van der Waals surface area contributed by atoms with Crippen LogP contribution in [0.15, 0.2) is 0 Å². The van der Waals surface area contributed by atoms with E-state index in [1.807, 2.05) is 5.32 Å². The van der Waals surface area contributed by atoms with E-state index < -0.39 is 29.8 Å². The third kappa shape index (κ3) is 5.81. The fourth-order valence-corrected chi connectivity index (χ4v) is 3.76. The Morgan fingerprint density at radius 2 is 1.81 bits per heavy atom. The van der Waals surface area contributed by atoms with E-state index in [0.717, 1.165) is 45.6 Å². The van der Waals surface area contributed by atoms with Gasteiger partial charge < -0.3 is 14.8 Å². The SMILES string of the molecule is COC(=O)C(NCC1CCCO1)(NC(=O)CCC1CCCCC1)C(F)(F)F. The molecular weight excluding hydrogens is 365 g/mol. The molecule has 1 heterocycles. The van der Waals surface area contributed by atoms with E-state index in [9.17, 15) is 22.8 Å². The van der Waals surface area contributed by atoms with Gasteiger partial charge in [-0.15, -0.1) is 0 Å². The van der Waals surface area contributed by atoms with Crippen LogP contribution in [0.2, 0.25) is 0 Å². The van der Waals surface area contributed by atoms with Gasteiger partial charge in [-0.2, -0.15) is 13.2 Å². The van der Waals surface area contributed by atoms with Gasteiger partial charge in [0.05, 0.1) is 13.2 Å². The predicted molar refractivity (Wildman–Crippen MR) is 91.7 cm³/mol. The number of amides is 1. The number of esters is 1. The molecule has 0 aromatic rings. The van der Waals surface area contributed by atoms with Gasteiger partial charge in [-0.1, -0.05) is 32.1 Å². The third-order valence-electron chi connectivity index (χ3n) is 5.37. The average molecular weight is 394 g/mol. The minimum atomic E-state index is -5.06. The summed E-state index contributed by atoms with van der Waals surface area (Å²) in [5.41, 5.74) is -3.27. The molecule has 1 saturated carbocycles. The molecule has 1 amide bonds. The Kier molecular flexibility index (Phi) is 7.91. The molecule has 27 heavy (non-hydrogen) atoms. The summed E-state index contributed by atoms with van der Waals surface area (Å²) in [4.78, 5) is 24.3. The summed E-state index contributed by atoms with van der Waals surface area (Å²) in [6, 6.07) is 0. The Morgan fingerprint density at radius 3 is 2.37 bits per heavy atom. The molecule has 2 aliphatic rings. The topological polar surface area (TPSA) is 76.7 Å². The maximum absolute atomic E-state index is 13.8. The van der Waals surface area contributed by atoms with Crippen molar-refractivity contribution < 1.29 is 32.2 Å². The number of nitrogens with one attached hydrogen (secondary N) is 2. The van der Waals surface area contributed by atoms with Gasteiger partial charge in [0.2, 0.25) is 5.91 Å². The van der Waals surface area contributed by atoms with E-state index in [0.29, 0.717) is 25.4 Å². The van der Waals surface area contributed by atoms with Crippen molar-refractivity contribution in [3.8, 4) is 0 Å². The van der Waals surface area contributed by atoms with Crippen LogP contribution in [0.3, 0.4) is 0 Å². The van der Waals surface area contributed by atoms with Crippen LogP contribution < -0.4 is 10.6 Å². The van der Waals surface area contributed by atoms with Crippen LogP contribution in [0.1, 0.15) is 57.8 Å². The van der Waals surface area contributed by atoms with E-state index in [1.54, 1.807) is 0 Å². The summed E-state index contributed by atoms with van der Waals surface area (Å²) in [6.07, 6.45) is 1.64. The minimum absolute atomic E-state index is 0.0545. The quantitative estimate of drug-likeness (QED) is 0.489. The van der Waals surface area contributed by atoms with Crippen LogP contribution in [0.4, 0.5) is 13.2 Å². The second kappa shape index (κ2) is 9.73. The van der Waals surface area contributed by atoms with Gasteiger partial charge in [0.1, 0.15) is 0 Å². The van der Waals surface area contributed by atoms with E-state index in [1.165, 1.54) is 0 Å². The first kappa shape index (κ1) is 21.9. The van der Waals surface area contributed by atoms with Crippen molar-refractivity contribution in [3.05, 3.63) is 0 Å². The van der Waals surface area contributed by atoms with Crippen molar-refractivity contribution in [2.45, 2.75) is 75.7 Å². The maximum Gasteiger partial charge on any atom is 0.436 e. The van der Waals surface area contributed by atoms with E-state index in [4.69, 9.17) is 4.74 Å². The van der Waals surface area contributed by atoms with Crippen LogP contribution in [-0.4, -0.2) is 50.1 Å². The number of alkyl halides is 3. The minimum Gasteiger partial charge on any atom is -0.466 e. The molecule has 1 aliphatic heterocycles. The van der Waals surface area contributed by atoms with Crippen LogP contribution in [0.25, 0.3) is 0 Å². The molecular formula is C18H29F3N2O4. The first-order valence-electron chi connectivity index (χ1n) is 9.61. The van der Waals surface area contributed by atoms with Crippen molar-refractivity contribution in [1.82, 2.24) is 10.6 Å². The zero-order chi connectivity index (χ0) is 19.9. The van der Waals surface area contributed by atoms with Crippen LogP contribution >= 0.6 is 0 Å². The highest BCUT2D eigenvalue weighted by atomic mass is 19.4. The molecule has 6 nitrogen and oxygen atoms in total. The summed E-state index contributed by atoms with van der Waals surface area (Å²) in [6.45, 7) is 0.259. The summed E-state index contributed by atoms with van der Waals surface area (Å²) >= 11 is 0. The smallest absolute Gasteiger partial charge is 0.436 e. The third-order valence-corrected chi connectivity index (χ3v) is 5.37. The monoisotopic (exact) mass is 394 g/mol. The lowest BCUT2D eigenvalue weighted by molar-refractivity contribution is -0.221. The predicted octanol–water partition coefficient (Wildman–Crippen LogP) is 2.66. The molecule has 0 aromatic carbocycles. The van der Waals surface area contributed by atoms with Gasteiger partial charge in [-0.25, -0.2) is 4.79 Å². The number of carbonyl (C=O) groups is 2. The molecule has 2 N–H and O–H groups in total. The summed E-state index contributed by atoms with van der Waals surface area (Å²) in [5, 5.41) is 4.06. The summed E-state index contributed by atoms with van der Waals surface area (Å²) < 4.78 is 51.2. The first-order valence-corrected chi connectivity index (χ1v) is 9.61. The zero-order valence-corrected chi connectivity index (χ0v) is 15.7. The van der Waals surface area contributed by atoms with Gasteiger partial charge in [0, 0.05) is 19.6 Å². The number of hydrogen-bond acceptors (Lipinski definition) is 5. The lowest BCUT2D eigenvalue weighted by Crippen LogP contribution is -2.73. The summed E-state index contributed by atoms with van der Waals surface area (Å²) in [7, 11) is 0.866. The average Bonchev–Trinajstić information content (AvgIpc) is 3.16. The van der Waals surface area contributed by atoms with Crippen LogP contribution in [-0.2, 0) is 19.1 Å². The highest BCUT2D eigenvalue weighted by Gasteiger charge is 2.63. The van der Waals surface area contributed by atoms with E-state index in [2.05, 4.69) is 10.1 Å². The largest absolute Gasteiger partial charge is 0.466 e. The molecule has 156 valence electrons. The van der Waals surface area contributed by atoms with E-state index in [-0.39, 0.29) is 13.0 Å². The van der Waals surface area contributed by atoms with Crippen molar-refractivity contribution in [3.63, 3.8) is 0 Å². The van der Waals surface area contributed by atoms with Gasteiger partial charge in [0.25, 0.3) is 5.66 Å². The van der Waals surface area contributed by atoms with Crippen molar-refractivity contribution in [1.29, 1.82) is 0 Å². The fourth-order valence-electron chi connectivity index (χ4n) is 3.76. The Labute approximate surface area is 157 Å². The molecule has 9 heteroatoms. The number of ether oxygens (including phenoxy) is 2. The van der Waals surface area contributed by atoms with Gasteiger partial charge in [0.15, 0.2) is 0 Å². The first-order chi connectivity index (χ1) is 12.8. The Morgan fingerprint density at radius 1 is 1.11 bits per heavy atom. The fraction of sp³-hybridized carbons (Fsp3) is 0.889. The molecule has 1 aliphatic carbocycles. The molecule has 0 spiro atoms. The van der Waals surface area contributed by atoms with E-state index >= 15 is 0 Å². The maximum atomic E-state index is 13.8. The zero-order valence-electron chi connectivity index (χ0n) is 15.7. The highest BCUT2D eigenvalue weighted by Crippen LogP contribution is 2.31. The molecule has 2 fully saturated rings. The molecule has 1 saturated heterocycles. The second-order valence-electron chi connectivity index (χ2n) is 7.35. The number of hydrogen-bond donors (Lipinski definition) is 2. The lowest BCUT2D eigenvalue weighted by atomic mass is 9.86. The molecule has 0 radical (unpaired) electrons. The normalized spacial score (nSPS) is 23.6. The number of methoxy groups -OCH3 is 1. The molecule has 0 aromatic heterocycles. The summed E-state index contributed by atoms with van der Waals surface area (Å²) in [5.74, 6) is -2.05. The van der Waals surface area contributed by atoms with Gasteiger partial charge >= 0.3 is 12.1 Å². The second-order valence-corrected chi connectivity index (χ2v) is 7.35. The van der Waals surface area contributed by atoms with Crippen LogP contribution in [0.5, 0.6) is 0 Å². The number of halogens is 3. The van der Waals surface area contributed by atoms with Gasteiger partial charge in [-0.3, -0.25) is 10.1 Å². The number of rotatable bonds is 8. The molecule has 0 bridgehead atoms. The van der Waals surface area contributed by atoms with Crippen LogP contribution in [0, 0.1) is 5.92 Å². The number of carbonyl (C=O) groups excluding carboxylic acids is 2. The standard InChI is InChI=1S/C18H29F3N2O4/c1-26-16(25)17(18(19,20)21,22-12-14-8-5-11-27-14)23-15(24)10-9-13-6-3-2-4-7-13/h13-14,22H,2-12H2,1H3,(H,23,24). The molecule has 2 atom stereocenters.